The molecular weight excluding hydrogens is 324 g/mol. The average molecular weight is 357 g/mol. The molecule has 2 aromatic heterocycles. The molecule has 0 aliphatic rings. The zero-order chi connectivity index (χ0) is 18.5. The summed E-state index contributed by atoms with van der Waals surface area (Å²) < 4.78 is 0. The maximum absolute atomic E-state index is 5.72. The van der Waals surface area contributed by atoms with Gasteiger partial charge < -0.3 is 11.5 Å². The Kier molecular flexibility index (Phi) is 9.82. The quantitative estimate of drug-likeness (QED) is 0.565. The van der Waals surface area contributed by atoms with Gasteiger partial charge in [0.05, 0.1) is 11.4 Å². The minimum Gasteiger partial charge on any atom is -0.330 e. The molecule has 0 atom stereocenters. The Balaban J connectivity index is 1.92. The molecule has 0 radical (unpaired) electrons. The van der Waals surface area contributed by atoms with E-state index in [0.717, 1.165) is 63.5 Å². The van der Waals surface area contributed by atoms with Crippen molar-refractivity contribution in [1.29, 1.82) is 0 Å². The largest absolute Gasteiger partial charge is 0.330 e. The molecule has 2 rings (SSSR count). The molecule has 6 nitrogen and oxygen atoms in total. The van der Waals surface area contributed by atoms with E-state index in [1.807, 2.05) is 36.7 Å². The summed E-state index contributed by atoms with van der Waals surface area (Å²) in [6, 6.07) is 12.1. The standard InChI is InChI=1S/C20H32N6/c21-9-5-13-25(17-19-7-1-3-11-23-19)15-16-26(14-6-10-22)18-20-8-2-4-12-24-20/h1-4,7-8,11-12H,5-6,9-10,13-18,21-22H2. The first-order chi connectivity index (χ1) is 12.8. The van der Waals surface area contributed by atoms with Crippen LogP contribution in [0.1, 0.15) is 24.2 Å². The van der Waals surface area contributed by atoms with Gasteiger partial charge in [0.2, 0.25) is 0 Å². The van der Waals surface area contributed by atoms with Crippen LogP contribution < -0.4 is 11.5 Å². The highest BCUT2D eigenvalue weighted by Gasteiger charge is 2.11. The fourth-order valence-corrected chi connectivity index (χ4v) is 2.89. The van der Waals surface area contributed by atoms with Crippen molar-refractivity contribution in [2.24, 2.45) is 11.5 Å². The maximum Gasteiger partial charge on any atom is 0.0543 e. The van der Waals surface area contributed by atoms with Crippen molar-refractivity contribution in [2.45, 2.75) is 25.9 Å². The second-order valence-corrected chi connectivity index (χ2v) is 6.48. The van der Waals surface area contributed by atoms with Crippen molar-refractivity contribution >= 4 is 0 Å². The molecule has 26 heavy (non-hydrogen) atoms. The van der Waals surface area contributed by atoms with Crippen molar-refractivity contribution in [1.82, 2.24) is 19.8 Å². The average Bonchev–Trinajstić information content (AvgIpc) is 2.69. The Hall–Kier alpha value is -1.86. The highest BCUT2D eigenvalue weighted by atomic mass is 15.2. The molecular formula is C20H32N6. The fourth-order valence-electron chi connectivity index (χ4n) is 2.89. The fraction of sp³-hybridized carbons (Fsp3) is 0.500. The summed E-state index contributed by atoms with van der Waals surface area (Å²) in [4.78, 5) is 13.8. The number of nitrogens with two attached hydrogens (primary N) is 2. The summed E-state index contributed by atoms with van der Waals surface area (Å²) >= 11 is 0. The zero-order valence-electron chi connectivity index (χ0n) is 15.6. The Morgan fingerprint density at radius 3 is 1.46 bits per heavy atom. The van der Waals surface area contributed by atoms with E-state index in [9.17, 15) is 0 Å². The molecule has 0 spiro atoms. The molecule has 0 amide bonds. The third kappa shape index (κ3) is 8.01. The predicted molar refractivity (Wildman–Crippen MR) is 106 cm³/mol. The second-order valence-electron chi connectivity index (χ2n) is 6.48. The van der Waals surface area contributed by atoms with Gasteiger partial charge in [-0.2, -0.15) is 0 Å². The van der Waals surface area contributed by atoms with Crippen molar-refractivity contribution in [3.8, 4) is 0 Å². The van der Waals surface area contributed by atoms with Crippen LogP contribution in [0, 0.1) is 0 Å². The first-order valence-corrected chi connectivity index (χ1v) is 9.46. The van der Waals surface area contributed by atoms with Crippen molar-refractivity contribution < 1.29 is 0 Å². The van der Waals surface area contributed by atoms with Crippen molar-refractivity contribution in [3.05, 3.63) is 60.2 Å². The highest BCUT2D eigenvalue weighted by Crippen LogP contribution is 2.06. The first kappa shape index (κ1) is 20.5. The van der Waals surface area contributed by atoms with Crippen LogP contribution in [0.3, 0.4) is 0 Å². The summed E-state index contributed by atoms with van der Waals surface area (Å²) in [7, 11) is 0. The lowest BCUT2D eigenvalue weighted by molar-refractivity contribution is 0.189. The molecule has 0 saturated carbocycles. The van der Waals surface area contributed by atoms with E-state index in [2.05, 4.69) is 31.9 Å². The van der Waals surface area contributed by atoms with Crippen LogP contribution in [0.4, 0.5) is 0 Å². The van der Waals surface area contributed by atoms with E-state index < -0.39 is 0 Å². The molecule has 2 heterocycles. The summed E-state index contributed by atoms with van der Waals surface area (Å²) in [5.41, 5.74) is 13.6. The third-order valence-electron chi connectivity index (χ3n) is 4.31. The van der Waals surface area contributed by atoms with E-state index in [1.54, 1.807) is 0 Å². The smallest absolute Gasteiger partial charge is 0.0543 e. The molecule has 0 fully saturated rings. The van der Waals surface area contributed by atoms with Crippen LogP contribution in [0.5, 0.6) is 0 Å². The summed E-state index contributed by atoms with van der Waals surface area (Å²) in [6.45, 7) is 7.07. The van der Waals surface area contributed by atoms with Crippen LogP contribution >= 0.6 is 0 Å². The van der Waals surface area contributed by atoms with Gasteiger partial charge in [-0.05, 0) is 63.3 Å². The number of rotatable bonds is 13. The van der Waals surface area contributed by atoms with Gasteiger partial charge in [0.15, 0.2) is 0 Å². The first-order valence-electron chi connectivity index (χ1n) is 9.46. The summed E-state index contributed by atoms with van der Waals surface area (Å²) in [5, 5.41) is 0. The van der Waals surface area contributed by atoms with Gasteiger partial charge in [-0.3, -0.25) is 19.8 Å². The van der Waals surface area contributed by atoms with E-state index in [1.165, 1.54) is 0 Å². The van der Waals surface area contributed by atoms with Crippen LogP contribution in [-0.2, 0) is 13.1 Å². The van der Waals surface area contributed by atoms with Gasteiger partial charge in [-0.25, -0.2) is 0 Å². The molecule has 0 aromatic carbocycles. The molecule has 142 valence electrons. The number of hydrogen-bond acceptors (Lipinski definition) is 6. The highest BCUT2D eigenvalue weighted by molar-refractivity contribution is 5.04. The SMILES string of the molecule is NCCCN(CCN(CCCN)Cc1ccccn1)Cc1ccccn1. The topological polar surface area (TPSA) is 84.3 Å². The zero-order valence-corrected chi connectivity index (χ0v) is 15.6. The van der Waals surface area contributed by atoms with E-state index in [4.69, 9.17) is 11.5 Å². The lowest BCUT2D eigenvalue weighted by Crippen LogP contribution is -2.37. The predicted octanol–water partition coefficient (Wildman–Crippen LogP) is 1.48. The molecule has 0 bridgehead atoms. The summed E-state index contributed by atoms with van der Waals surface area (Å²) in [5.74, 6) is 0. The normalized spacial score (nSPS) is 11.4. The Morgan fingerprint density at radius 2 is 1.12 bits per heavy atom. The number of pyridine rings is 2. The van der Waals surface area contributed by atoms with Crippen LogP contribution in [0.15, 0.2) is 48.8 Å². The van der Waals surface area contributed by atoms with Gasteiger partial charge in [0, 0.05) is 38.6 Å². The second kappa shape index (κ2) is 12.5. The molecule has 0 aliphatic carbocycles. The van der Waals surface area contributed by atoms with Crippen LogP contribution in [0.25, 0.3) is 0 Å². The van der Waals surface area contributed by atoms with Gasteiger partial charge >= 0.3 is 0 Å². The van der Waals surface area contributed by atoms with Gasteiger partial charge in [-0.1, -0.05) is 12.1 Å². The van der Waals surface area contributed by atoms with Crippen molar-refractivity contribution in [2.75, 3.05) is 39.3 Å². The molecule has 0 saturated heterocycles. The third-order valence-corrected chi connectivity index (χ3v) is 4.31. The Bertz CT molecular complexity index is 524. The Labute approximate surface area is 157 Å². The van der Waals surface area contributed by atoms with E-state index >= 15 is 0 Å². The van der Waals surface area contributed by atoms with Gasteiger partial charge in [0.25, 0.3) is 0 Å². The minimum atomic E-state index is 0.712. The van der Waals surface area contributed by atoms with E-state index in [0.29, 0.717) is 13.1 Å². The molecule has 4 N–H and O–H groups in total. The lowest BCUT2D eigenvalue weighted by atomic mass is 10.2. The number of nitrogens with zero attached hydrogens (tertiary/aromatic N) is 4. The van der Waals surface area contributed by atoms with Crippen LogP contribution in [-0.4, -0.2) is 59.0 Å². The van der Waals surface area contributed by atoms with Gasteiger partial charge in [-0.15, -0.1) is 0 Å². The molecule has 0 unspecified atom stereocenters. The van der Waals surface area contributed by atoms with Gasteiger partial charge in [0.1, 0.15) is 0 Å². The van der Waals surface area contributed by atoms with E-state index in [-0.39, 0.29) is 0 Å². The lowest BCUT2D eigenvalue weighted by Gasteiger charge is -2.27. The molecule has 2 aromatic rings. The molecule has 0 aliphatic heterocycles. The number of aromatic nitrogens is 2. The number of hydrogen-bond donors (Lipinski definition) is 2. The minimum absolute atomic E-state index is 0.712. The monoisotopic (exact) mass is 356 g/mol. The molecule has 6 heteroatoms. The van der Waals surface area contributed by atoms with Crippen LogP contribution in [0.2, 0.25) is 0 Å². The summed E-state index contributed by atoms with van der Waals surface area (Å²) in [6.07, 6.45) is 5.70. The maximum atomic E-state index is 5.72. The van der Waals surface area contributed by atoms with Crippen molar-refractivity contribution in [3.63, 3.8) is 0 Å². The Morgan fingerprint density at radius 1 is 0.654 bits per heavy atom.